The number of benzene rings is 1. The summed E-state index contributed by atoms with van der Waals surface area (Å²) in [6.45, 7) is 0.578. The molecule has 100 valence electrons. The molecule has 0 unspecified atom stereocenters. The lowest BCUT2D eigenvalue weighted by Crippen LogP contribution is -2.12. The topological polar surface area (TPSA) is 85.7 Å². The van der Waals surface area contributed by atoms with E-state index in [9.17, 15) is 0 Å². The zero-order valence-corrected chi connectivity index (χ0v) is 10.7. The molecule has 0 fully saturated rings. The molecule has 0 saturated heterocycles. The number of rotatable bonds is 5. The van der Waals surface area contributed by atoms with Gasteiger partial charge < -0.3 is 15.7 Å². The highest BCUT2D eigenvalue weighted by Crippen LogP contribution is 2.12. The summed E-state index contributed by atoms with van der Waals surface area (Å²) in [7, 11) is 1.89. The summed E-state index contributed by atoms with van der Waals surface area (Å²) >= 11 is 0. The van der Waals surface area contributed by atoms with Crippen molar-refractivity contribution < 1.29 is 9.94 Å². The molecule has 2 rings (SSSR count). The second-order valence-corrected chi connectivity index (χ2v) is 4.13. The molecule has 0 aliphatic heterocycles. The van der Waals surface area contributed by atoms with Crippen molar-refractivity contribution in [3.8, 4) is 5.75 Å². The number of aromatic nitrogens is 2. The standard InChI is InChI=1S/C13H16N4O2/c1-17-9-10(8-15-17)6-7-19-12-4-2-11(3-5-12)13(14)16-18/h2-5,8-9,18H,6-7H2,1H3,(H2,14,16). The molecule has 6 heteroatoms. The van der Waals surface area contributed by atoms with E-state index in [-0.39, 0.29) is 5.84 Å². The van der Waals surface area contributed by atoms with Gasteiger partial charge in [-0.15, -0.1) is 0 Å². The molecule has 0 radical (unpaired) electrons. The van der Waals surface area contributed by atoms with E-state index in [0.29, 0.717) is 12.2 Å². The zero-order valence-electron chi connectivity index (χ0n) is 10.7. The van der Waals surface area contributed by atoms with Crippen molar-refractivity contribution in [3.05, 3.63) is 47.8 Å². The maximum atomic E-state index is 8.55. The number of amidine groups is 1. The number of nitrogens with zero attached hydrogens (tertiary/aromatic N) is 3. The Morgan fingerprint density at radius 1 is 1.42 bits per heavy atom. The Hall–Kier alpha value is -2.50. The van der Waals surface area contributed by atoms with Crippen molar-refractivity contribution in [3.63, 3.8) is 0 Å². The molecule has 0 amide bonds. The van der Waals surface area contributed by atoms with Crippen LogP contribution >= 0.6 is 0 Å². The molecule has 19 heavy (non-hydrogen) atoms. The van der Waals surface area contributed by atoms with Crippen LogP contribution in [0.5, 0.6) is 5.75 Å². The number of hydrogen-bond acceptors (Lipinski definition) is 4. The lowest BCUT2D eigenvalue weighted by atomic mass is 10.2. The van der Waals surface area contributed by atoms with Gasteiger partial charge in [0.2, 0.25) is 0 Å². The molecule has 0 bridgehead atoms. The first-order valence-corrected chi connectivity index (χ1v) is 5.87. The van der Waals surface area contributed by atoms with Gasteiger partial charge in [0.05, 0.1) is 12.8 Å². The lowest BCUT2D eigenvalue weighted by molar-refractivity contribution is 0.318. The maximum Gasteiger partial charge on any atom is 0.170 e. The number of hydrogen-bond donors (Lipinski definition) is 2. The van der Waals surface area contributed by atoms with E-state index in [4.69, 9.17) is 15.7 Å². The molecule has 0 aliphatic rings. The Labute approximate surface area is 111 Å². The third-order valence-corrected chi connectivity index (χ3v) is 2.68. The van der Waals surface area contributed by atoms with Crippen LogP contribution in [0.25, 0.3) is 0 Å². The first-order chi connectivity index (χ1) is 9.19. The molecule has 1 heterocycles. The van der Waals surface area contributed by atoms with Gasteiger partial charge in [-0.3, -0.25) is 4.68 Å². The fourth-order valence-corrected chi connectivity index (χ4v) is 1.67. The summed E-state index contributed by atoms with van der Waals surface area (Å²) in [5.74, 6) is 0.834. The largest absolute Gasteiger partial charge is 0.493 e. The maximum absolute atomic E-state index is 8.55. The molecule has 3 N–H and O–H groups in total. The summed E-state index contributed by atoms with van der Waals surface area (Å²) in [5.41, 5.74) is 7.26. The Morgan fingerprint density at radius 3 is 2.74 bits per heavy atom. The van der Waals surface area contributed by atoms with Crippen LogP contribution in [0, 0.1) is 0 Å². The number of oxime groups is 1. The SMILES string of the molecule is Cn1cc(CCOc2ccc(/C(N)=N/O)cc2)cn1. The van der Waals surface area contributed by atoms with Crippen molar-refractivity contribution in [1.29, 1.82) is 0 Å². The Bertz CT molecular complexity index is 560. The molecule has 1 aromatic carbocycles. The molecule has 0 saturated carbocycles. The normalized spacial score (nSPS) is 11.5. The third-order valence-electron chi connectivity index (χ3n) is 2.68. The third kappa shape index (κ3) is 3.48. The van der Waals surface area contributed by atoms with Gasteiger partial charge >= 0.3 is 0 Å². The first-order valence-electron chi connectivity index (χ1n) is 5.87. The van der Waals surface area contributed by atoms with E-state index >= 15 is 0 Å². The van der Waals surface area contributed by atoms with Gasteiger partial charge in [0.25, 0.3) is 0 Å². The smallest absolute Gasteiger partial charge is 0.170 e. The van der Waals surface area contributed by atoms with E-state index in [2.05, 4.69) is 10.3 Å². The molecular formula is C13H16N4O2. The summed E-state index contributed by atoms with van der Waals surface area (Å²) < 4.78 is 7.37. The van der Waals surface area contributed by atoms with Crippen LogP contribution < -0.4 is 10.5 Å². The van der Waals surface area contributed by atoms with Crippen LogP contribution in [-0.4, -0.2) is 27.4 Å². The average molecular weight is 260 g/mol. The Kier molecular flexibility index (Phi) is 4.02. The van der Waals surface area contributed by atoms with Crippen molar-refractivity contribution in [2.75, 3.05) is 6.61 Å². The van der Waals surface area contributed by atoms with Crippen molar-refractivity contribution in [2.45, 2.75) is 6.42 Å². The number of nitrogens with two attached hydrogens (primary N) is 1. The van der Waals surface area contributed by atoms with Crippen LogP contribution in [0.1, 0.15) is 11.1 Å². The predicted molar refractivity (Wildman–Crippen MR) is 71.4 cm³/mol. The Balaban J connectivity index is 1.86. The zero-order chi connectivity index (χ0) is 13.7. The van der Waals surface area contributed by atoms with Crippen LogP contribution in [0.4, 0.5) is 0 Å². The minimum absolute atomic E-state index is 0.0851. The number of ether oxygens (including phenoxy) is 1. The average Bonchev–Trinajstić information content (AvgIpc) is 2.84. The second kappa shape index (κ2) is 5.90. The molecule has 0 spiro atoms. The van der Waals surface area contributed by atoms with Gasteiger partial charge in [-0.25, -0.2) is 0 Å². The summed E-state index contributed by atoms with van der Waals surface area (Å²) in [4.78, 5) is 0. The predicted octanol–water partition coefficient (Wildman–Crippen LogP) is 1.14. The molecule has 1 aromatic heterocycles. The van der Waals surface area contributed by atoms with Crippen LogP contribution in [0.3, 0.4) is 0 Å². The van der Waals surface area contributed by atoms with Gasteiger partial charge in [-0.05, 0) is 29.8 Å². The van der Waals surface area contributed by atoms with Gasteiger partial charge in [-0.2, -0.15) is 5.10 Å². The number of aryl methyl sites for hydroxylation is 1. The molecular weight excluding hydrogens is 244 g/mol. The molecule has 2 aromatic rings. The lowest BCUT2D eigenvalue weighted by Gasteiger charge is -2.06. The monoisotopic (exact) mass is 260 g/mol. The first kappa shape index (κ1) is 12.9. The highest BCUT2D eigenvalue weighted by Gasteiger charge is 2.01. The second-order valence-electron chi connectivity index (χ2n) is 4.13. The highest BCUT2D eigenvalue weighted by molar-refractivity contribution is 5.97. The summed E-state index contributed by atoms with van der Waals surface area (Å²) in [6.07, 6.45) is 4.59. The van der Waals surface area contributed by atoms with Gasteiger partial charge in [0, 0.05) is 25.2 Å². The van der Waals surface area contributed by atoms with Crippen LogP contribution in [0.15, 0.2) is 41.8 Å². The van der Waals surface area contributed by atoms with Crippen LogP contribution in [0.2, 0.25) is 0 Å². The minimum Gasteiger partial charge on any atom is -0.493 e. The van der Waals surface area contributed by atoms with Crippen molar-refractivity contribution >= 4 is 5.84 Å². The van der Waals surface area contributed by atoms with E-state index in [1.54, 1.807) is 28.9 Å². The summed E-state index contributed by atoms with van der Waals surface area (Å²) in [6, 6.07) is 7.07. The van der Waals surface area contributed by atoms with E-state index in [1.807, 2.05) is 19.4 Å². The van der Waals surface area contributed by atoms with E-state index in [1.165, 1.54) is 0 Å². The molecule has 0 atom stereocenters. The van der Waals surface area contributed by atoms with Gasteiger partial charge in [0.1, 0.15) is 5.75 Å². The minimum atomic E-state index is 0.0851. The van der Waals surface area contributed by atoms with Crippen molar-refractivity contribution in [1.82, 2.24) is 9.78 Å². The van der Waals surface area contributed by atoms with Crippen LogP contribution in [-0.2, 0) is 13.5 Å². The fourth-order valence-electron chi connectivity index (χ4n) is 1.67. The van der Waals surface area contributed by atoms with Gasteiger partial charge in [-0.1, -0.05) is 5.16 Å². The fraction of sp³-hybridized carbons (Fsp3) is 0.231. The van der Waals surface area contributed by atoms with Gasteiger partial charge in [0.15, 0.2) is 5.84 Å². The highest BCUT2D eigenvalue weighted by atomic mass is 16.5. The van der Waals surface area contributed by atoms with Crippen molar-refractivity contribution in [2.24, 2.45) is 17.9 Å². The van der Waals surface area contributed by atoms with E-state index in [0.717, 1.165) is 17.7 Å². The molecule has 0 aliphatic carbocycles. The Morgan fingerprint density at radius 2 is 2.16 bits per heavy atom. The quantitative estimate of drug-likeness (QED) is 0.365. The molecule has 6 nitrogen and oxygen atoms in total. The summed E-state index contributed by atoms with van der Waals surface area (Å²) in [5, 5.41) is 15.6. The van der Waals surface area contributed by atoms with E-state index < -0.39 is 0 Å².